The van der Waals surface area contributed by atoms with Crippen LogP contribution in [0.2, 0.25) is 0 Å². The molecule has 0 radical (unpaired) electrons. The van der Waals surface area contributed by atoms with Gasteiger partial charge in [0.15, 0.2) is 0 Å². The van der Waals surface area contributed by atoms with Gasteiger partial charge in [0, 0.05) is 16.7 Å². The lowest BCUT2D eigenvalue weighted by Gasteiger charge is -2.22. The van der Waals surface area contributed by atoms with E-state index in [1.54, 1.807) is 75.5 Å². The summed E-state index contributed by atoms with van der Waals surface area (Å²) in [6.07, 6.45) is 4.00. The van der Waals surface area contributed by atoms with E-state index in [1.807, 2.05) is 0 Å². The minimum absolute atomic E-state index is 0.313. The van der Waals surface area contributed by atoms with Gasteiger partial charge in [0.1, 0.15) is 5.60 Å². The number of halogens is 1. The third-order valence-corrected chi connectivity index (χ3v) is 3.56. The molecule has 1 aromatic heterocycles. The highest BCUT2D eigenvalue weighted by atomic mass is 79.9. The lowest BCUT2D eigenvalue weighted by molar-refractivity contribution is -0.161. The zero-order valence-corrected chi connectivity index (χ0v) is 16.4. The van der Waals surface area contributed by atoms with E-state index in [1.165, 1.54) is 0 Å². The van der Waals surface area contributed by atoms with Gasteiger partial charge in [-0.3, -0.25) is 0 Å². The zero-order valence-electron chi connectivity index (χ0n) is 14.8. The summed E-state index contributed by atoms with van der Waals surface area (Å²) < 4.78 is 11.9. The molecule has 0 aliphatic rings. The SMILES string of the molecule is CC(C)(C)OC(=O)[C@@H](/C=C/c1ccc(C#N)cc1)Oc1ccc(Br)cn1. The molecule has 6 heteroatoms. The second-order valence-electron chi connectivity index (χ2n) is 6.48. The monoisotopic (exact) mass is 414 g/mol. The molecule has 1 atom stereocenters. The number of ether oxygens (including phenoxy) is 2. The van der Waals surface area contributed by atoms with Gasteiger partial charge in [-0.1, -0.05) is 18.2 Å². The highest BCUT2D eigenvalue weighted by Crippen LogP contribution is 2.17. The summed E-state index contributed by atoms with van der Waals surface area (Å²) in [6, 6.07) is 12.5. The Morgan fingerprint density at radius 1 is 1.23 bits per heavy atom. The summed E-state index contributed by atoms with van der Waals surface area (Å²) in [4.78, 5) is 16.6. The second-order valence-corrected chi connectivity index (χ2v) is 7.40. The van der Waals surface area contributed by atoms with Gasteiger partial charge in [0.25, 0.3) is 0 Å². The molecule has 0 aliphatic heterocycles. The van der Waals surface area contributed by atoms with Crippen molar-refractivity contribution < 1.29 is 14.3 Å². The number of carbonyl (C=O) groups is 1. The summed E-state index contributed by atoms with van der Waals surface area (Å²) >= 11 is 3.31. The van der Waals surface area contributed by atoms with Crippen LogP contribution in [0.4, 0.5) is 0 Å². The Hall–Kier alpha value is -2.65. The van der Waals surface area contributed by atoms with Crippen molar-refractivity contribution in [1.29, 1.82) is 5.26 Å². The number of rotatable bonds is 5. The van der Waals surface area contributed by atoms with E-state index in [2.05, 4.69) is 27.0 Å². The number of hydrogen-bond donors (Lipinski definition) is 0. The van der Waals surface area contributed by atoms with Gasteiger partial charge in [-0.25, -0.2) is 9.78 Å². The second kappa shape index (κ2) is 8.63. The fourth-order valence-corrected chi connectivity index (χ4v) is 2.19. The number of hydrogen-bond acceptors (Lipinski definition) is 5. The van der Waals surface area contributed by atoms with Gasteiger partial charge in [-0.05, 0) is 66.5 Å². The Morgan fingerprint density at radius 3 is 2.46 bits per heavy atom. The van der Waals surface area contributed by atoms with Crippen LogP contribution in [0.5, 0.6) is 5.88 Å². The smallest absolute Gasteiger partial charge is 0.352 e. The normalized spacial score (nSPS) is 12.4. The van der Waals surface area contributed by atoms with Crippen LogP contribution in [0.1, 0.15) is 31.9 Å². The highest BCUT2D eigenvalue weighted by Gasteiger charge is 2.25. The molecule has 2 rings (SSSR count). The summed E-state index contributed by atoms with van der Waals surface area (Å²) in [5.41, 5.74) is 0.778. The number of aromatic nitrogens is 1. The van der Waals surface area contributed by atoms with Gasteiger partial charge in [0.05, 0.1) is 11.6 Å². The number of esters is 1. The van der Waals surface area contributed by atoms with E-state index in [-0.39, 0.29) is 0 Å². The van der Waals surface area contributed by atoms with Crippen molar-refractivity contribution >= 4 is 28.0 Å². The van der Waals surface area contributed by atoms with E-state index < -0.39 is 17.7 Å². The molecule has 0 unspecified atom stereocenters. The quantitative estimate of drug-likeness (QED) is 0.672. The number of nitrogens with zero attached hydrogens (tertiary/aromatic N) is 2. The molecule has 0 amide bonds. The first-order chi connectivity index (χ1) is 12.3. The molecule has 0 N–H and O–H groups in total. The van der Waals surface area contributed by atoms with Crippen molar-refractivity contribution in [2.75, 3.05) is 0 Å². The minimum Gasteiger partial charge on any atom is -0.458 e. The van der Waals surface area contributed by atoms with Crippen molar-refractivity contribution in [3.63, 3.8) is 0 Å². The Morgan fingerprint density at radius 2 is 1.92 bits per heavy atom. The molecule has 0 spiro atoms. The van der Waals surface area contributed by atoms with Crippen LogP contribution in [0.15, 0.2) is 53.1 Å². The highest BCUT2D eigenvalue weighted by molar-refractivity contribution is 9.10. The summed E-state index contributed by atoms with van der Waals surface area (Å²) in [5.74, 6) is -0.194. The Bertz CT molecular complexity index is 816. The maximum atomic E-state index is 12.5. The Kier molecular flexibility index (Phi) is 6.53. The average Bonchev–Trinajstić information content (AvgIpc) is 2.59. The number of carbonyl (C=O) groups excluding carboxylic acids is 1. The number of pyridine rings is 1. The van der Waals surface area contributed by atoms with Gasteiger partial charge >= 0.3 is 5.97 Å². The van der Waals surface area contributed by atoms with Gasteiger partial charge < -0.3 is 9.47 Å². The van der Waals surface area contributed by atoms with Gasteiger partial charge in [0.2, 0.25) is 12.0 Å². The fraction of sp³-hybridized carbons (Fsp3) is 0.250. The molecule has 1 aromatic carbocycles. The predicted octanol–water partition coefficient (Wildman–Crippen LogP) is 4.52. The average molecular weight is 415 g/mol. The van der Waals surface area contributed by atoms with Crippen LogP contribution in [-0.2, 0) is 9.53 Å². The van der Waals surface area contributed by atoms with E-state index in [4.69, 9.17) is 14.7 Å². The largest absolute Gasteiger partial charge is 0.458 e. The predicted molar refractivity (Wildman–Crippen MR) is 102 cm³/mol. The Labute approximate surface area is 161 Å². The van der Waals surface area contributed by atoms with Crippen molar-refractivity contribution in [2.24, 2.45) is 0 Å². The first-order valence-corrected chi connectivity index (χ1v) is 8.75. The maximum Gasteiger partial charge on any atom is 0.352 e. The fourth-order valence-electron chi connectivity index (χ4n) is 1.96. The first kappa shape index (κ1) is 19.7. The number of nitriles is 1. The maximum absolute atomic E-state index is 12.5. The van der Waals surface area contributed by atoms with Crippen molar-refractivity contribution in [3.05, 3.63) is 64.3 Å². The molecular weight excluding hydrogens is 396 g/mol. The van der Waals surface area contributed by atoms with Crippen LogP contribution in [0.25, 0.3) is 6.08 Å². The Balaban J connectivity index is 2.20. The van der Waals surface area contributed by atoms with E-state index in [9.17, 15) is 4.79 Å². The molecule has 2 aromatic rings. The van der Waals surface area contributed by atoms with Crippen LogP contribution in [0, 0.1) is 11.3 Å². The van der Waals surface area contributed by atoms with Crippen LogP contribution in [0.3, 0.4) is 0 Å². The lowest BCUT2D eigenvalue weighted by Crippen LogP contribution is -2.34. The van der Waals surface area contributed by atoms with Crippen LogP contribution < -0.4 is 4.74 Å². The van der Waals surface area contributed by atoms with Crippen molar-refractivity contribution in [3.8, 4) is 11.9 Å². The standard InChI is InChI=1S/C20H19BrN2O3/c1-20(2,3)26-19(24)17(25-18-11-9-16(21)13-23-18)10-8-14-4-6-15(12-22)7-5-14/h4-11,13,17H,1-3H3/b10-8+/t17-/m1/s1. The molecule has 0 fully saturated rings. The number of benzene rings is 1. The molecule has 0 saturated heterocycles. The van der Waals surface area contributed by atoms with E-state index >= 15 is 0 Å². The minimum atomic E-state index is -0.946. The molecule has 1 heterocycles. The zero-order chi connectivity index (χ0) is 19.2. The molecular formula is C20H19BrN2O3. The van der Waals surface area contributed by atoms with E-state index in [0.29, 0.717) is 11.4 Å². The van der Waals surface area contributed by atoms with Crippen molar-refractivity contribution in [2.45, 2.75) is 32.5 Å². The van der Waals surface area contributed by atoms with Crippen LogP contribution in [-0.4, -0.2) is 22.7 Å². The van der Waals surface area contributed by atoms with Crippen molar-refractivity contribution in [1.82, 2.24) is 4.98 Å². The molecule has 5 nitrogen and oxygen atoms in total. The lowest BCUT2D eigenvalue weighted by atomic mass is 10.1. The molecule has 0 aliphatic carbocycles. The third-order valence-electron chi connectivity index (χ3n) is 3.09. The summed E-state index contributed by atoms with van der Waals surface area (Å²) in [7, 11) is 0. The van der Waals surface area contributed by atoms with E-state index in [0.717, 1.165) is 10.0 Å². The van der Waals surface area contributed by atoms with Crippen LogP contribution >= 0.6 is 15.9 Å². The van der Waals surface area contributed by atoms with Gasteiger partial charge in [-0.2, -0.15) is 5.26 Å². The summed E-state index contributed by atoms with van der Waals surface area (Å²) in [5, 5.41) is 8.85. The first-order valence-electron chi connectivity index (χ1n) is 7.96. The molecule has 134 valence electrons. The summed E-state index contributed by atoms with van der Waals surface area (Å²) in [6.45, 7) is 5.39. The third kappa shape index (κ3) is 6.34. The molecule has 26 heavy (non-hydrogen) atoms. The van der Waals surface area contributed by atoms with Gasteiger partial charge in [-0.15, -0.1) is 0 Å². The molecule has 0 bridgehead atoms. The topological polar surface area (TPSA) is 72.2 Å². The molecule has 0 saturated carbocycles.